The minimum atomic E-state index is -0.512. The predicted octanol–water partition coefficient (Wildman–Crippen LogP) is 4.62. The number of benzene rings is 2. The molecule has 2 amide bonds. The Hall–Kier alpha value is -3.49. The van der Waals surface area contributed by atoms with Crippen LogP contribution in [0.3, 0.4) is 0 Å². The second-order valence-corrected chi connectivity index (χ2v) is 8.86. The molecular weight excluding hydrogens is 503 g/mol. The van der Waals surface area contributed by atoms with Crippen molar-refractivity contribution < 1.29 is 19.1 Å². The van der Waals surface area contributed by atoms with E-state index in [0.717, 1.165) is 28.2 Å². The average Bonchev–Trinajstić information content (AvgIpc) is 3.13. The van der Waals surface area contributed by atoms with Gasteiger partial charge in [0, 0.05) is 28.5 Å². The van der Waals surface area contributed by atoms with Crippen LogP contribution in [0.2, 0.25) is 10.0 Å². The molecule has 0 unspecified atom stereocenters. The third-order valence-corrected chi connectivity index (χ3v) is 6.07. The Bertz CT molecular complexity index is 1290. The summed E-state index contributed by atoms with van der Waals surface area (Å²) < 4.78 is 12.5. The van der Waals surface area contributed by atoms with Crippen LogP contribution in [0.15, 0.2) is 47.6 Å². The van der Waals surface area contributed by atoms with Crippen LogP contribution in [0, 0.1) is 13.8 Å². The average molecular weight is 531 g/mol. The number of hydrogen-bond donors (Lipinski definition) is 2. The first-order chi connectivity index (χ1) is 17.2. The van der Waals surface area contributed by atoms with Crippen molar-refractivity contribution >= 4 is 41.2 Å². The molecule has 0 saturated carbocycles. The molecule has 0 radical (unpaired) electrons. The lowest BCUT2D eigenvalue weighted by molar-refractivity contribution is -0.129. The molecule has 0 atom stereocenters. The van der Waals surface area contributed by atoms with Crippen molar-refractivity contribution in [3.05, 3.63) is 75.0 Å². The van der Waals surface area contributed by atoms with Gasteiger partial charge in [0.15, 0.2) is 11.5 Å². The van der Waals surface area contributed by atoms with E-state index in [0.29, 0.717) is 34.5 Å². The maximum Gasteiger partial charge on any atom is 0.249 e. The summed E-state index contributed by atoms with van der Waals surface area (Å²) in [7, 11) is 3.14. The van der Waals surface area contributed by atoms with E-state index in [1.54, 1.807) is 32.4 Å². The Balaban J connectivity index is 1.51. The number of methoxy groups -OCH3 is 2. The van der Waals surface area contributed by atoms with Crippen molar-refractivity contribution in [1.29, 1.82) is 0 Å². The molecule has 0 aliphatic carbocycles. The van der Waals surface area contributed by atoms with Crippen LogP contribution in [0.5, 0.6) is 11.5 Å². The van der Waals surface area contributed by atoms with Gasteiger partial charge in [0.2, 0.25) is 11.8 Å². The van der Waals surface area contributed by atoms with Gasteiger partial charge in [-0.1, -0.05) is 29.3 Å². The Morgan fingerprint density at radius 3 is 2.47 bits per heavy atom. The summed E-state index contributed by atoms with van der Waals surface area (Å²) in [6.07, 6.45) is 1.78. The summed E-state index contributed by atoms with van der Waals surface area (Å²) in [6.45, 7) is 4.23. The highest BCUT2D eigenvalue weighted by atomic mass is 35.5. The van der Waals surface area contributed by atoms with Crippen molar-refractivity contribution in [2.75, 3.05) is 20.8 Å². The first-order valence-corrected chi connectivity index (χ1v) is 11.9. The van der Waals surface area contributed by atoms with Crippen molar-refractivity contribution in [2.45, 2.75) is 26.7 Å². The number of nitrogens with zero attached hydrogens (tertiary/aromatic N) is 2. The van der Waals surface area contributed by atoms with E-state index in [4.69, 9.17) is 32.7 Å². The Kier molecular flexibility index (Phi) is 9.38. The molecule has 1 aromatic heterocycles. The van der Waals surface area contributed by atoms with Gasteiger partial charge < -0.3 is 19.4 Å². The van der Waals surface area contributed by atoms with Crippen molar-refractivity contribution in [3.63, 3.8) is 0 Å². The lowest BCUT2D eigenvalue weighted by Gasteiger charge is -2.12. The number of ether oxygens (including phenoxy) is 2. The summed E-state index contributed by atoms with van der Waals surface area (Å²) in [4.78, 5) is 24.3. The van der Waals surface area contributed by atoms with E-state index < -0.39 is 11.8 Å². The molecule has 3 rings (SSSR count). The maximum absolute atomic E-state index is 12.1. The predicted molar refractivity (Wildman–Crippen MR) is 142 cm³/mol. The molecule has 1 heterocycles. The lowest BCUT2D eigenvalue weighted by atomic mass is 10.1. The number of carbonyl (C=O) groups is 2. The molecule has 0 fully saturated rings. The van der Waals surface area contributed by atoms with Crippen LogP contribution in [-0.4, -0.2) is 43.4 Å². The summed E-state index contributed by atoms with van der Waals surface area (Å²) in [5, 5.41) is 7.88. The standard InChI is InChI=1S/C26H28Cl2N4O4/c1-16-11-19(17(2)32(16)22-13-20(27)6-7-21(22)28)15-30-31-26(34)14-25(33)29-10-9-18-5-8-23(35-3)24(12-18)36-4/h5-8,11-13,15H,9-10,14H2,1-4H3,(H,29,33)(H,31,34)/b30-15+. The first-order valence-electron chi connectivity index (χ1n) is 11.2. The van der Waals surface area contributed by atoms with Crippen molar-refractivity contribution in [3.8, 4) is 17.2 Å². The van der Waals surface area contributed by atoms with E-state index in [-0.39, 0.29) is 6.42 Å². The fourth-order valence-electron chi connectivity index (χ4n) is 3.75. The number of aromatic nitrogens is 1. The number of carbonyl (C=O) groups excluding carboxylic acids is 2. The SMILES string of the molecule is COc1ccc(CCNC(=O)CC(=O)N/N=C/c2cc(C)n(-c3cc(Cl)ccc3Cl)c2C)cc1OC. The third-order valence-electron chi connectivity index (χ3n) is 5.52. The van der Waals surface area contributed by atoms with Gasteiger partial charge in [-0.25, -0.2) is 5.43 Å². The van der Waals surface area contributed by atoms with Crippen LogP contribution in [0.25, 0.3) is 5.69 Å². The Morgan fingerprint density at radius 1 is 1.00 bits per heavy atom. The van der Waals surface area contributed by atoms with Crippen molar-refractivity contribution in [2.24, 2.45) is 5.10 Å². The second kappa shape index (κ2) is 12.5. The number of halogens is 2. The second-order valence-electron chi connectivity index (χ2n) is 8.02. The Morgan fingerprint density at radius 2 is 1.75 bits per heavy atom. The topological polar surface area (TPSA) is 94.0 Å². The fraction of sp³-hybridized carbons (Fsp3) is 0.269. The summed E-state index contributed by atoms with van der Waals surface area (Å²) in [5.74, 6) is 0.353. The first kappa shape index (κ1) is 27.1. The zero-order valence-corrected chi connectivity index (χ0v) is 22.0. The number of nitrogens with one attached hydrogen (secondary N) is 2. The summed E-state index contributed by atoms with van der Waals surface area (Å²) in [6, 6.07) is 12.7. The van der Waals surface area contributed by atoms with Gasteiger partial charge in [-0.2, -0.15) is 5.10 Å². The van der Waals surface area contributed by atoms with Gasteiger partial charge in [-0.05, 0) is 62.2 Å². The monoisotopic (exact) mass is 530 g/mol. The molecule has 0 saturated heterocycles. The van der Waals surface area contributed by atoms with E-state index in [9.17, 15) is 9.59 Å². The van der Waals surface area contributed by atoms with Crippen molar-refractivity contribution in [1.82, 2.24) is 15.3 Å². The zero-order valence-electron chi connectivity index (χ0n) is 20.5. The van der Waals surface area contributed by atoms with Crippen LogP contribution in [0.4, 0.5) is 0 Å². The van der Waals surface area contributed by atoms with Gasteiger partial charge in [0.25, 0.3) is 0 Å². The van der Waals surface area contributed by atoms with Gasteiger partial charge in [-0.3, -0.25) is 9.59 Å². The summed E-state index contributed by atoms with van der Waals surface area (Å²) >= 11 is 12.5. The molecular formula is C26H28Cl2N4O4. The molecule has 190 valence electrons. The largest absolute Gasteiger partial charge is 0.493 e. The lowest BCUT2D eigenvalue weighted by Crippen LogP contribution is -2.31. The maximum atomic E-state index is 12.1. The number of amides is 2. The van der Waals surface area contributed by atoms with Gasteiger partial charge in [-0.15, -0.1) is 0 Å². The van der Waals surface area contributed by atoms with Crippen LogP contribution >= 0.6 is 23.2 Å². The molecule has 0 bridgehead atoms. The molecule has 8 nitrogen and oxygen atoms in total. The van der Waals surface area contributed by atoms with E-state index in [1.165, 1.54) is 6.21 Å². The fourth-order valence-corrected chi connectivity index (χ4v) is 4.12. The van der Waals surface area contributed by atoms with Crippen LogP contribution in [0.1, 0.15) is 28.9 Å². The molecule has 3 aromatic rings. The van der Waals surface area contributed by atoms with Crippen LogP contribution < -0.4 is 20.2 Å². The summed E-state index contributed by atoms with van der Waals surface area (Å²) in [5.41, 5.74) is 6.73. The molecule has 10 heteroatoms. The highest BCUT2D eigenvalue weighted by molar-refractivity contribution is 6.34. The van der Waals surface area contributed by atoms with Gasteiger partial charge >= 0.3 is 0 Å². The normalized spacial score (nSPS) is 10.9. The third kappa shape index (κ3) is 6.80. The van der Waals surface area contributed by atoms with E-state index in [1.807, 2.05) is 42.7 Å². The molecule has 0 aliphatic rings. The smallest absolute Gasteiger partial charge is 0.249 e. The molecule has 2 N–H and O–H groups in total. The zero-order chi connectivity index (χ0) is 26.2. The van der Waals surface area contributed by atoms with E-state index >= 15 is 0 Å². The minimum Gasteiger partial charge on any atom is -0.493 e. The van der Waals surface area contributed by atoms with Gasteiger partial charge in [0.1, 0.15) is 6.42 Å². The highest BCUT2D eigenvalue weighted by Gasteiger charge is 2.13. The Labute approximate surface area is 220 Å². The van der Waals surface area contributed by atoms with Gasteiger partial charge in [0.05, 0.1) is 31.1 Å². The van der Waals surface area contributed by atoms with Crippen LogP contribution in [-0.2, 0) is 16.0 Å². The molecule has 0 aliphatic heterocycles. The highest BCUT2D eigenvalue weighted by Crippen LogP contribution is 2.29. The molecule has 36 heavy (non-hydrogen) atoms. The van der Waals surface area contributed by atoms with E-state index in [2.05, 4.69) is 15.8 Å². The molecule has 2 aromatic carbocycles. The quantitative estimate of drug-likeness (QED) is 0.227. The molecule has 0 spiro atoms. The number of hydrazone groups is 1. The number of hydrogen-bond acceptors (Lipinski definition) is 5. The number of rotatable bonds is 10. The minimum absolute atomic E-state index is 0.333. The number of aryl methyl sites for hydroxylation is 1.